The molecule has 4 heteroatoms. The van der Waals surface area contributed by atoms with Crippen LogP contribution in [0.15, 0.2) is 20.7 Å². The molecule has 2 aliphatic rings. The molecule has 0 aromatic heterocycles. The van der Waals surface area contributed by atoms with Gasteiger partial charge in [0.25, 0.3) is 0 Å². The third kappa shape index (κ3) is 0.526. The van der Waals surface area contributed by atoms with Crippen molar-refractivity contribution in [3.05, 3.63) is 5.92 Å². The molecule has 0 bridgehead atoms. The Morgan fingerprint density at radius 2 is 1.75 bits per heavy atom. The molecule has 1 saturated carbocycles. The maximum Gasteiger partial charge on any atom is 0.191 e. The smallest absolute Gasteiger partial charge is 0.138 e. The highest BCUT2D eigenvalue weighted by molar-refractivity contribution is 5.12. The van der Waals surface area contributed by atoms with Gasteiger partial charge < -0.3 is 0 Å². The molecule has 0 amide bonds. The number of rotatable bonds is 1. The summed E-state index contributed by atoms with van der Waals surface area (Å²) in [6.45, 7) is 0. The van der Waals surface area contributed by atoms with E-state index in [0.717, 1.165) is 0 Å². The molecule has 0 aromatic carbocycles. The van der Waals surface area contributed by atoms with Crippen LogP contribution in [0.5, 0.6) is 0 Å². The van der Waals surface area contributed by atoms with E-state index in [1.807, 2.05) is 0 Å². The van der Waals surface area contributed by atoms with E-state index in [1.165, 1.54) is 18.8 Å². The second kappa shape index (κ2) is 1.34. The lowest BCUT2D eigenvalue weighted by Gasteiger charge is -1.89. The molecule has 0 saturated heterocycles. The van der Waals surface area contributed by atoms with Crippen molar-refractivity contribution in [2.45, 2.75) is 19.0 Å². The van der Waals surface area contributed by atoms with Gasteiger partial charge in [0, 0.05) is 5.92 Å². The van der Waals surface area contributed by atoms with Gasteiger partial charge in [-0.25, -0.2) is 0 Å². The number of nitrogens with zero attached hydrogens (tertiary/aromatic N) is 4. The molecule has 1 aliphatic heterocycles. The van der Waals surface area contributed by atoms with Crippen molar-refractivity contribution in [2.75, 3.05) is 0 Å². The van der Waals surface area contributed by atoms with Gasteiger partial charge in [-0.15, -0.1) is 10.2 Å². The van der Waals surface area contributed by atoms with Crippen LogP contribution in [0.4, 0.5) is 0 Å². The Kier molecular flexibility index (Phi) is 0.688. The summed E-state index contributed by atoms with van der Waals surface area (Å²) in [5.74, 6) is 1.37. The normalized spacial score (nSPS) is 27.5. The lowest BCUT2D eigenvalue weighted by molar-refractivity contribution is 0.782. The summed E-state index contributed by atoms with van der Waals surface area (Å²) in [6.07, 6.45) is 2.35. The van der Waals surface area contributed by atoms with Gasteiger partial charge in [0.15, 0.2) is 6.17 Å². The van der Waals surface area contributed by atoms with E-state index < -0.39 is 0 Å². The fraction of sp³-hybridized carbons (Fsp3) is 0.750. The zero-order valence-corrected chi connectivity index (χ0v) is 4.28. The molecule has 0 atom stereocenters. The summed E-state index contributed by atoms with van der Waals surface area (Å²) in [4.78, 5) is 0. The van der Waals surface area contributed by atoms with E-state index in [1.54, 1.807) is 0 Å². The van der Waals surface area contributed by atoms with Crippen LogP contribution >= 0.6 is 0 Å². The number of hydrogen-bond donors (Lipinski definition) is 0. The van der Waals surface area contributed by atoms with Crippen LogP contribution < -0.4 is 0 Å². The minimum atomic E-state index is 0.00926. The van der Waals surface area contributed by atoms with E-state index in [-0.39, 0.29) is 6.17 Å². The molecule has 0 spiro atoms. The lowest BCUT2D eigenvalue weighted by Crippen LogP contribution is -1.94. The first kappa shape index (κ1) is 4.12. The predicted octanol–water partition coefficient (Wildman–Crippen LogP) is 1.51. The summed E-state index contributed by atoms with van der Waals surface area (Å²) >= 11 is 0. The lowest BCUT2D eigenvalue weighted by atomic mass is 10.4. The fourth-order valence-electron chi connectivity index (χ4n) is 0.661. The van der Waals surface area contributed by atoms with Gasteiger partial charge in [-0.05, 0) is 23.3 Å². The second-order valence-electron chi connectivity index (χ2n) is 1.94. The Balaban J connectivity index is 2.06. The van der Waals surface area contributed by atoms with Crippen LogP contribution in [-0.2, 0) is 0 Å². The molecule has 2 rings (SSSR count). The first-order chi connectivity index (χ1) is 3.97. The highest BCUT2D eigenvalue weighted by Gasteiger charge is 2.33. The first-order valence-electron chi connectivity index (χ1n) is 2.61. The quantitative estimate of drug-likeness (QED) is 0.490. The molecule has 0 N–H and O–H groups in total. The van der Waals surface area contributed by atoms with Crippen molar-refractivity contribution < 1.29 is 0 Å². The second-order valence-corrected chi connectivity index (χ2v) is 1.94. The highest BCUT2D eigenvalue weighted by atomic mass is 15.6. The van der Waals surface area contributed by atoms with E-state index in [0.29, 0.717) is 0 Å². The molecule has 1 aliphatic carbocycles. The molecule has 1 heterocycles. The van der Waals surface area contributed by atoms with Crippen molar-refractivity contribution in [1.29, 1.82) is 0 Å². The van der Waals surface area contributed by atoms with Gasteiger partial charge in [-0.3, -0.25) is 0 Å². The number of hydrogen-bond acceptors (Lipinski definition) is 4. The average Bonchev–Trinajstić information content (AvgIpc) is 2.49. The Bertz CT molecular complexity index is 134. The van der Waals surface area contributed by atoms with Crippen molar-refractivity contribution in [2.24, 2.45) is 20.7 Å². The third-order valence-electron chi connectivity index (χ3n) is 1.27. The van der Waals surface area contributed by atoms with Gasteiger partial charge in [0.1, 0.15) is 0 Å². The Morgan fingerprint density at radius 1 is 1.12 bits per heavy atom. The van der Waals surface area contributed by atoms with Crippen LogP contribution in [0.1, 0.15) is 12.8 Å². The zero-order valence-electron chi connectivity index (χ0n) is 4.28. The largest absolute Gasteiger partial charge is 0.191 e. The topological polar surface area (TPSA) is 49.4 Å². The maximum atomic E-state index is 3.75. The summed E-state index contributed by atoms with van der Waals surface area (Å²) < 4.78 is 0. The molecule has 0 unspecified atom stereocenters. The first-order valence-corrected chi connectivity index (χ1v) is 2.61. The van der Waals surface area contributed by atoms with Crippen molar-refractivity contribution in [3.8, 4) is 0 Å². The molecule has 1 radical (unpaired) electrons. The van der Waals surface area contributed by atoms with Gasteiger partial charge >= 0.3 is 0 Å². The van der Waals surface area contributed by atoms with Gasteiger partial charge in [-0.2, -0.15) is 0 Å². The summed E-state index contributed by atoms with van der Waals surface area (Å²) in [6, 6.07) is 0. The minimum absolute atomic E-state index is 0.00926. The summed E-state index contributed by atoms with van der Waals surface area (Å²) in [5.41, 5.74) is 0. The molecular weight excluding hydrogens is 104 g/mol. The Hall–Kier alpha value is -0.800. The van der Waals surface area contributed by atoms with Gasteiger partial charge in [0.2, 0.25) is 0 Å². The minimum Gasteiger partial charge on any atom is -0.138 e. The van der Waals surface area contributed by atoms with Crippen LogP contribution in [0, 0.1) is 5.92 Å². The third-order valence-corrected chi connectivity index (χ3v) is 1.27. The zero-order chi connectivity index (χ0) is 5.40. The van der Waals surface area contributed by atoms with Crippen LogP contribution in [0.3, 0.4) is 0 Å². The van der Waals surface area contributed by atoms with Crippen molar-refractivity contribution in [1.82, 2.24) is 0 Å². The van der Waals surface area contributed by atoms with E-state index in [2.05, 4.69) is 20.7 Å². The molecule has 41 valence electrons. The fourth-order valence-corrected chi connectivity index (χ4v) is 0.661. The average molecular weight is 109 g/mol. The summed E-state index contributed by atoms with van der Waals surface area (Å²) in [5, 5.41) is 14.3. The molecule has 8 heavy (non-hydrogen) atoms. The summed E-state index contributed by atoms with van der Waals surface area (Å²) in [7, 11) is 0. The molecule has 0 aromatic rings. The standard InChI is InChI=1S/C4H5N4/c1-2-3(1)4-5-7-8-6-4/h4H,1-2H2. The molecule has 1 fully saturated rings. The Morgan fingerprint density at radius 3 is 2.25 bits per heavy atom. The van der Waals surface area contributed by atoms with E-state index in [9.17, 15) is 0 Å². The highest BCUT2D eigenvalue weighted by Crippen LogP contribution is 2.38. The Labute approximate surface area is 46.7 Å². The van der Waals surface area contributed by atoms with Crippen LogP contribution in [0.2, 0.25) is 0 Å². The maximum absolute atomic E-state index is 3.75. The van der Waals surface area contributed by atoms with E-state index >= 15 is 0 Å². The van der Waals surface area contributed by atoms with Crippen molar-refractivity contribution >= 4 is 0 Å². The predicted molar refractivity (Wildman–Crippen MR) is 26.0 cm³/mol. The van der Waals surface area contributed by atoms with Crippen LogP contribution in [0.25, 0.3) is 0 Å². The monoisotopic (exact) mass is 109 g/mol. The van der Waals surface area contributed by atoms with Crippen molar-refractivity contribution in [3.63, 3.8) is 0 Å². The van der Waals surface area contributed by atoms with Gasteiger partial charge in [0.05, 0.1) is 0 Å². The molecular formula is C4H5N4. The SMILES string of the molecule is C1C[C]1C1N=NN=N1. The van der Waals surface area contributed by atoms with Crippen LogP contribution in [-0.4, -0.2) is 6.17 Å². The van der Waals surface area contributed by atoms with E-state index in [4.69, 9.17) is 0 Å². The molecule has 4 nitrogen and oxygen atoms in total. The van der Waals surface area contributed by atoms with Gasteiger partial charge in [-0.1, -0.05) is 0 Å².